The van der Waals surface area contributed by atoms with E-state index in [4.69, 9.17) is 14.2 Å². The molecule has 0 N–H and O–H groups in total. The molecule has 0 amide bonds. The number of Topliss-reactive ketones (excluding diaryl/α,β-unsaturated/α-hetero) is 1. The van der Waals surface area contributed by atoms with Crippen molar-refractivity contribution in [2.45, 2.75) is 0 Å². The van der Waals surface area contributed by atoms with Crippen molar-refractivity contribution < 1.29 is 19.0 Å². The molecular weight excluding hydrogens is 380 g/mol. The maximum atomic E-state index is 13.0. The Labute approximate surface area is 175 Å². The first kappa shape index (κ1) is 20.8. The van der Waals surface area contributed by atoms with Crippen molar-refractivity contribution >= 4 is 17.7 Å². The minimum Gasteiger partial charge on any atom is -0.496 e. The number of benzene rings is 3. The van der Waals surface area contributed by atoms with Crippen LogP contribution >= 0.6 is 0 Å². The molecule has 0 aliphatic heterocycles. The Morgan fingerprint density at radius 2 is 1.27 bits per heavy atom. The summed E-state index contributed by atoms with van der Waals surface area (Å²) in [6.07, 6.45) is 1.52. The van der Waals surface area contributed by atoms with E-state index in [1.807, 2.05) is 48.5 Å². The molecule has 0 heterocycles. The van der Waals surface area contributed by atoms with Gasteiger partial charge in [-0.05, 0) is 6.07 Å². The number of hydrogen-bond donors (Lipinski definition) is 0. The fourth-order valence-electron chi connectivity index (χ4n) is 2.86. The standard InChI is InChI=1S/C24H22N2O4/c1-28-20-15-22(30-3)21(29-2)14-19(20)16-25-26-23(17-10-6-4-7-11-17)24(27)18-12-8-5-9-13-18/h4-16H,1-3H3. The van der Waals surface area contributed by atoms with Crippen molar-refractivity contribution in [3.8, 4) is 17.2 Å². The molecule has 0 fully saturated rings. The molecule has 152 valence electrons. The van der Waals surface area contributed by atoms with Gasteiger partial charge >= 0.3 is 0 Å². The molecule has 6 heteroatoms. The number of nitrogens with zero attached hydrogens (tertiary/aromatic N) is 2. The molecule has 0 saturated carbocycles. The number of carbonyl (C=O) groups is 1. The van der Waals surface area contributed by atoms with E-state index in [0.29, 0.717) is 33.9 Å². The molecule has 0 saturated heterocycles. The average Bonchev–Trinajstić information content (AvgIpc) is 2.82. The van der Waals surface area contributed by atoms with Gasteiger partial charge in [0.1, 0.15) is 11.5 Å². The van der Waals surface area contributed by atoms with Crippen molar-refractivity contribution in [2.24, 2.45) is 10.2 Å². The lowest BCUT2D eigenvalue weighted by Gasteiger charge is -2.11. The molecule has 0 bridgehead atoms. The summed E-state index contributed by atoms with van der Waals surface area (Å²) >= 11 is 0. The molecule has 6 nitrogen and oxygen atoms in total. The Morgan fingerprint density at radius 1 is 0.733 bits per heavy atom. The average molecular weight is 402 g/mol. The van der Waals surface area contributed by atoms with Gasteiger partial charge in [0.05, 0.1) is 27.5 Å². The van der Waals surface area contributed by atoms with Gasteiger partial charge in [-0.2, -0.15) is 5.10 Å². The van der Waals surface area contributed by atoms with Crippen LogP contribution < -0.4 is 14.2 Å². The number of methoxy groups -OCH3 is 3. The number of ether oxygens (including phenoxy) is 3. The Bertz CT molecular complexity index is 1060. The van der Waals surface area contributed by atoms with Crippen LogP contribution in [0, 0.1) is 0 Å². The van der Waals surface area contributed by atoms with E-state index in [-0.39, 0.29) is 11.5 Å². The quantitative estimate of drug-likeness (QED) is 0.318. The largest absolute Gasteiger partial charge is 0.496 e. The summed E-state index contributed by atoms with van der Waals surface area (Å²) in [5.41, 5.74) is 2.11. The summed E-state index contributed by atoms with van der Waals surface area (Å²) in [5, 5.41) is 8.42. The summed E-state index contributed by atoms with van der Waals surface area (Å²) in [7, 11) is 4.66. The lowest BCUT2D eigenvalue weighted by atomic mass is 10.0. The van der Waals surface area contributed by atoms with E-state index in [0.717, 1.165) is 0 Å². The van der Waals surface area contributed by atoms with Crippen LogP contribution in [0.15, 0.2) is 83.0 Å². The molecule has 0 aliphatic carbocycles. The number of rotatable bonds is 8. The van der Waals surface area contributed by atoms with Crippen molar-refractivity contribution in [3.05, 3.63) is 89.5 Å². The zero-order valence-corrected chi connectivity index (χ0v) is 17.0. The minimum absolute atomic E-state index is 0.210. The topological polar surface area (TPSA) is 69.5 Å². The van der Waals surface area contributed by atoms with Crippen LogP contribution in [0.2, 0.25) is 0 Å². The highest BCUT2D eigenvalue weighted by atomic mass is 16.5. The van der Waals surface area contributed by atoms with E-state index >= 15 is 0 Å². The Kier molecular flexibility index (Phi) is 6.95. The first-order valence-electron chi connectivity index (χ1n) is 9.24. The molecule has 0 atom stereocenters. The van der Waals surface area contributed by atoms with E-state index < -0.39 is 0 Å². The highest BCUT2D eigenvalue weighted by molar-refractivity contribution is 6.51. The van der Waals surface area contributed by atoms with Gasteiger partial charge in [0.2, 0.25) is 5.78 Å². The van der Waals surface area contributed by atoms with Crippen LogP contribution in [0.4, 0.5) is 0 Å². The zero-order valence-electron chi connectivity index (χ0n) is 17.0. The Morgan fingerprint density at radius 3 is 1.83 bits per heavy atom. The van der Waals surface area contributed by atoms with Crippen molar-refractivity contribution in [1.29, 1.82) is 0 Å². The smallest absolute Gasteiger partial charge is 0.213 e. The Balaban J connectivity index is 2.01. The van der Waals surface area contributed by atoms with Gasteiger partial charge in [0.25, 0.3) is 0 Å². The third-order valence-corrected chi connectivity index (χ3v) is 4.39. The van der Waals surface area contributed by atoms with Crippen LogP contribution in [0.3, 0.4) is 0 Å². The molecule has 3 rings (SSSR count). The minimum atomic E-state index is -0.210. The second-order valence-electron chi connectivity index (χ2n) is 6.20. The van der Waals surface area contributed by atoms with Crippen LogP contribution in [-0.4, -0.2) is 39.0 Å². The first-order chi connectivity index (χ1) is 14.7. The fraction of sp³-hybridized carbons (Fsp3) is 0.125. The normalized spacial score (nSPS) is 11.4. The summed E-state index contributed by atoms with van der Waals surface area (Å²) < 4.78 is 16.0. The van der Waals surface area contributed by atoms with E-state index in [9.17, 15) is 4.79 Å². The van der Waals surface area contributed by atoms with Gasteiger partial charge in [-0.3, -0.25) is 4.79 Å². The van der Waals surface area contributed by atoms with Crippen molar-refractivity contribution in [1.82, 2.24) is 0 Å². The zero-order chi connectivity index (χ0) is 21.3. The second-order valence-corrected chi connectivity index (χ2v) is 6.20. The van der Waals surface area contributed by atoms with Gasteiger partial charge in [0, 0.05) is 22.8 Å². The lowest BCUT2D eigenvalue weighted by molar-refractivity contribution is 0.106. The Hall–Kier alpha value is -3.93. The van der Waals surface area contributed by atoms with Crippen molar-refractivity contribution in [2.75, 3.05) is 21.3 Å². The van der Waals surface area contributed by atoms with Crippen LogP contribution in [0.1, 0.15) is 21.5 Å². The molecule has 3 aromatic carbocycles. The third-order valence-electron chi connectivity index (χ3n) is 4.39. The SMILES string of the molecule is COc1cc(OC)c(OC)cc1C=NN=C(C(=O)c1ccccc1)c1ccccc1. The van der Waals surface area contributed by atoms with Crippen LogP contribution in [-0.2, 0) is 0 Å². The predicted octanol–water partition coefficient (Wildman–Crippen LogP) is 4.42. The summed E-state index contributed by atoms with van der Waals surface area (Å²) in [6.45, 7) is 0. The van der Waals surface area contributed by atoms with Gasteiger partial charge < -0.3 is 14.2 Å². The third kappa shape index (κ3) is 4.72. The molecule has 0 aliphatic rings. The van der Waals surface area contributed by atoms with Gasteiger partial charge in [-0.1, -0.05) is 60.7 Å². The summed E-state index contributed by atoms with van der Waals surface area (Å²) in [5.74, 6) is 1.41. The predicted molar refractivity (Wildman–Crippen MR) is 117 cm³/mol. The molecule has 0 spiro atoms. The summed E-state index contributed by atoms with van der Waals surface area (Å²) in [4.78, 5) is 13.0. The van der Waals surface area contributed by atoms with Gasteiger partial charge in [0.15, 0.2) is 11.5 Å². The van der Waals surface area contributed by atoms with Gasteiger partial charge in [-0.25, -0.2) is 0 Å². The van der Waals surface area contributed by atoms with Gasteiger partial charge in [-0.15, -0.1) is 5.10 Å². The first-order valence-corrected chi connectivity index (χ1v) is 9.24. The summed E-state index contributed by atoms with van der Waals surface area (Å²) in [6, 6.07) is 21.7. The number of ketones is 1. The number of carbonyl (C=O) groups excluding carboxylic acids is 1. The maximum Gasteiger partial charge on any atom is 0.213 e. The maximum absolute atomic E-state index is 13.0. The monoisotopic (exact) mass is 402 g/mol. The molecule has 0 aromatic heterocycles. The van der Waals surface area contributed by atoms with Crippen LogP contribution in [0.5, 0.6) is 17.2 Å². The van der Waals surface area contributed by atoms with Crippen molar-refractivity contribution in [3.63, 3.8) is 0 Å². The molecule has 0 radical (unpaired) electrons. The lowest BCUT2D eigenvalue weighted by Crippen LogP contribution is -2.15. The highest BCUT2D eigenvalue weighted by Crippen LogP contribution is 2.33. The molecular formula is C24H22N2O4. The van der Waals surface area contributed by atoms with E-state index in [1.165, 1.54) is 6.21 Å². The fourth-order valence-corrected chi connectivity index (χ4v) is 2.86. The van der Waals surface area contributed by atoms with E-state index in [2.05, 4.69) is 10.2 Å². The second kappa shape index (κ2) is 10.0. The number of hydrogen-bond acceptors (Lipinski definition) is 6. The molecule has 0 unspecified atom stereocenters. The molecule has 3 aromatic rings. The van der Waals surface area contributed by atoms with E-state index in [1.54, 1.807) is 45.6 Å². The van der Waals surface area contributed by atoms with Crippen LogP contribution in [0.25, 0.3) is 0 Å². The highest BCUT2D eigenvalue weighted by Gasteiger charge is 2.16. The molecule has 30 heavy (non-hydrogen) atoms.